The van der Waals surface area contributed by atoms with Gasteiger partial charge in [0.1, 0.15) is 0 Å². The van der Waals surface area contributed by atoms with Crippen molar-refractivity contribution in [2.24, 2.45) is 0 Å². The van der Waals surface area contributed by atoms with Gasteiger partial charge in [0, 0.05) is 12.0 Å². The molecule has 0 radical (unpaired) electrons. The lowest BCUT2D eigenvalue weighted by atomic mass is 9.79. The van der Waals surface area contributed by atoms with E-state index in [1.807, 2.05) is 7.05 Å². The van der Waals surface area contributed by atoms with Crippen molar-refractivity contribution in [3.8, 4) is 0 Å². The van der Waals surface area contributed by atoms with E-state index < -0.39 is 0 Å². The Bertz CT molecular complexity index is 176. The molecule has 0 heterocycles. The molecule has 0 atom stereocenters. The van der Waals surface area contributed by atoms with Gasteiger partial charge in [-0.1, -0.05) is 19.3 Å². The molecule has 1 saturated carbocycles. The van der Waals surface area contributed by atoms with Gasteiger partial charge in [-0.3, -0.25) is 10.0 Å². The first kappa shape index (κ1) is 10.5. The van der Waals surface area contributed by atoms with E-state index in [1.165, 1.54) is 19.3 Å². The fourth-order valence-corrected chi connectivity index (χ4v) is 2.09. The zero-order chi connectivity index (χ0) is 9.73. The molecular formula is C9H18N2O2. The first-order valence-electron chi connectivity index (χ1n) is 4.84. The number of nitrogens with one attached hydrogen (secondary N) is 2. The van der Waals surface area contributed by atoms with Crippen LogP contribution < -0.4 is 10.8 Å². The number of amides is 1. The van der Waals surface area contributed by atoms with Crippen LogP contribution in [-0.2, 0) is 4.79 Å². The Hall–Kier alpha value is -0.610. The fourth-order valence-electron chi connectivity index (χ4n) is 2.09. The van der Waals surface area contributed by atoms with E-state index in [0.29, 0.717) is 6.42 Å². The summed E-state index contributed by atoms with van der Waals surface area (Å²) in [6.07, 6.45) is 6.01. The van der Waals surface area contributed by atoms with Crippen LogP contribution in [0.15, 0.2) is 0 Å². The summed E-state index contributed by atoms with van der Waals surface area (Å²) in [4.78, 5) is 11.0. The number of carbonyl (C=O) groups is 1. The molecule has 3 N–H and O–H groups in total. The Labute approximate surface area is 78.7 Å². The van der Waals surface area contributed by atoms with Gasteiger partial charge in [-0.2, -0.15) is 0 Å². The summed E-state index contributed by atoms with van der Waals surface area (Å²) in [6, 6.07) is 0. The number of hydrogen-bond donors (Lipinski definition) is 3. The smallest absolute Gasteiger partial charge is 0.245 e. The zero-order valence-corrected chi connectivity index (χ0v) is 8.10. The van der Waals surface area contributed by atoms with Gasteiger partial charge in [0.25, 0.3) is 0 Å². The minimum Gasteiger partial charge on any atom is -0.314 e. The van der Waals surface area contributed by atoms with Gasteiger partial charge in [-0.25, -0.2) is 5.48 Å². The standard InChI is InChI=1S/C9H18N2O2/c1-10-9(7-8(12)11-13)5-3-2-4-6-9/h10,13H,2-7H2,1H3,(H,11,12). The third-order valence-electron chi connectivity index (χ3n) is 2.96. The van der Waals surface area contributed by atoms with Crippen LogP contribution in [0.3, 0.4) is 0 Å². The molecule has 0 spiro atoms. The lowest BCUT2D eigenvalue weighted by Gasteiger charge is -2.36. The molecule has 76 valence electrons. The predicted octanol–water partition coefficient (Wildman–Crippen LogP) is 0.804. The van der Waals surface area contributed by atoms with Gasteiger partial charge >= 0.3 is 0 Å². The highest BCUT2D eigenvalue weighted by molar-refractivity contribution is 5.75. The molecule has 1 fully saturated rings. The van der Waals surface area contributed by atoms with Crippen LogP contribution in [0.1, 0.15) is 38.5 Å². The number of hydrogen-bond acceptors (Lipinski definition) is 3. The molecule has 0 bridgehead atoms. The van der Waals surface area contributed by atoms with Crippen LogP contribution >= 0.6 is 0 Å². The monoisotopic (exact) mass is 186 g/mol. The van der Waals surface area contributed by atoms with Crippen LogP contribution in [0.5, 0.6) is 0 Å². The average Bonchev–Trinajstić information content (AvgIpc) is 2.19. The van der Waals surface area contributed by atoms with Crippen molar-refractivity contribution >= 4 is 5.91 Å². The summed E-state index contributed by atoms with van der Waals surface area (Å²) in [5, 5.41) is 11.7. The molecule has 0 aromatic rings. The second-order valence-corrected chi connectivity index (χ2v) is 3.80. The molecule has 1 rings (SSSR count). The predicted molar refractivity (Wildman–Crippen MR) is 49.4 cm³/mol. The summed E-state index contributed by atoms with van der Waals surface area (Å²) in [5.41, 5.74) is 1.61. The molecule has 13 heavy (non-hydrogen) atoms. The summed E-state index contributed by atoms with van der Waals surface area (Å²) in [6.45, 7) is 0. The number of rotatable bonds is 3. The van der Waals surface area contributed by atoms with Gasteiger partial charge < -0.3 is 5.32 Å². The Morgan fingerprint density at radius 1 is 1.38 bits per heavy atom. The average molecular weight is 186 g/mol. The summed E-state index contributed by atoms with van der Waals surface area (Å²) < 4.78 is 0. The first-order chi connectivity index (χ1) is 6.22. The maximum atomic E-state index is 11.0. The first-order valence-corrected chi connectivity index (χ1v) is 4.84. The number of hydroxylamine groups is 1. The third-order valence-corrected chi connectivity index (χ3v) is 2.96. The SMILES string of the molecule is CNC1(CC(=O)NO)CCCCC1. The molecule has 0 saturated heterocycles. The van der Waals surface area contributed by atoms with Crippen molar-refractivity contribution in [3.63, 3.8) is 0 Å². The third kappa shape index (κ3) is 2.67. The van der Waals surface area contributed by atoms with E-state index in [0.717, 1.165) is 12.8 Å². The molecule has 1 aliphatic rings. The largest absolute Gasteiger partial charge is 0.314 e. The fraction of sp³-hybridized carbons (Fsp3) is 0.889. The second-order valence-electron chi connectivity index (χ2n) is 3.80. The van der Waals surface area contributed by atoms with E-state index in [4.69, 9.17) is 5.21 Å². The Morgan fingerprint density at radius 3 is 2.46 bits per heavy atom. The molecule has 0 aromatic carbocycles. The summed E-state index contributed by atoms with van der Waals surface area (Å²) >= 11 is 0. The summed E-state index contributed by atoms with van der Waals surface area (Å²) in [7, 11) is 1.88. The Morgan fingerprint density at radius 2 is 2.00 bits per heavy atom. The topological polar surface area (TPSA) is 61.4 Å². The van der Waals surface area contributed by atoms with Crippen LogP contribution in [0.2, 0.25) is 0 Å². The molecule has 4 nitrogen and oxygen atoms in total. The van der Waals surface area contributed by atoms with Crippen LogP contribution in [0.4, 0.5) is 0 Å². The van der Waals surface area contributed by atoms with Crippen molar-refractivity contribution in [1.82, 2.24) is 10.8 Å². The molecular weight excluding hydrogens is 168 g/mol. The molecule has 0 aromatic heterocycles. The number of carbonyl (C=O) groups excluding carboxylic acids is 1. The van der Waals surface area contributed by atoms with Gasteiger partial charge in [-0.05, 0) is 19.9 Å². The highest BCUT2D eigenvalue weighted by Gasteiger charge is 2.32. The molecule has 1 aliphatic carbocycles. The van der Waals surface area contributed by atoms with E-state index in [2.05, 4.69) is 5.32 Å². The summed E-state index contributed by atoms with van der Waals surface area (Å²) in [5.74, 6) is -0.295. The van der Waals surface area contributed by atoms with Crippen molar-refractivity contribution in [2.75, 3.05) is 7.05 Å². The minimum absolute atomic E-state index is 0.0783. The van der Waals surface area contributed by atoms with E-state index in [-0.39, 0.29) is 11.4 Å². The van der Waals surface area contributed by atoms with Crippen LogP contribution in [-0.4, -0.2) is 23.7 Å². The quantitative estimate of drug-likeness (QED) is 0.451. The Balaban J connectivity index is 2.52. The van der Waals surface area contributed by atoms with Crippen molar-refractivity contribution < 1.29 is 10.0 Å². The molecule has 0 unspecified atom stereocenters. The van der Waals surface area contributed by atoms with E-state index in [9.17, 15) is 4.79 Å². The highest BCUT2D eigenvalue weighted by atomic mass is 16.5. The molecule has 0 aliphatic heterocycles. The van der Waals surface area contributed by atoms with Crippen molar-refractivity contribution in [2.45, 2.75) is 44.1 Å². The van der Waals surface area contributed by atoms with Crippen LogP contribution in [0, 0.1) is 0 Å². The van der Waals surface area contributed by atoms with Gasteiger partial charge in [0.05, 0.1) is 0 Å². The lowest BCUT2D eigenvalue weighted by molar-refractivity contribution is -0.131. The second kappa shape index (κ2) is 4.58. The van der Waals surface area contributed by atoms with E-state index in [1.54, 1.807) is 5.48 Å². The van der Waals surface area contributed by atoms with Gasteiger partial charge in [-0.15, -0.1) is 0 Å². The van der Waals surface area contributed by atoms with Crippen LogP contribution in [0.25, 0.3) is 0 Å². The van der Waals surface area contributed by atoms with Crippen molar-refractivity contribution in [3.05, 3.63) is 0 Å². The van der Waals surface area contributed by atoms with Crippen molar-refractivity contribution in [1.29, 1.82) is 0 Å². The van der Waals surface area contributed by atoms with Gasteiger partial charge in [0.2, 0.25) is 5.91 Å². The zero-order valence-electron chi connectivity index (χ0n) is 8.10. The van der Waals surface area contributed by atoms with E-state index >= 15 is 0 Å². The van der Waals surface area contributed by atoms with Gasteiger partial charge in [0.15, 0.2) is 0 Å². The maximum Gasteiger partial charge on any atom is 0.245 e. The normalized spacial score (nSPS) is 21.1. The highest BCUT2D eigenvalue weighted by Crippen LogP contribution is 2.30. The molecule has 4 heteroatoms. The maximum absolute atomic E-state index is 11.0. The Kier molecular flexibility index (Phi) is 3.69. The lowest BCUT2D eigenvalue weighted by Crippen LogP contribution is -2.47. The molecule has 1 amide bonds. The minimum atomic E-state index is -0.295.